The summed E-state index contributed by atoms with van der Waals surface area (Å²) >= 11 is 0. The molecule has 0 radical (unpaired) electrons. The van der Waals surface area contributed by atoms with E-state index in [0.29, 0.717) is 27.7 Å². The summed E-state index contributed by atoms with van der Waals surface area (Å²) in [5.74, 6) is -1.01. The second-order valence-corrected chi connectivity index (χ2v) is 7.89. The molecule has 1 aromatic heterocycles. The molecule has 140 valence electrons. The van der Waals surface area contributed by atoms with Crippen molar-refractivity contribution in [3.05, 3.63) is 36.0 Å². The number of carbonyl (C=O) groups is 1. The number of hydrogen-bond donors (Lipinski definition) is 4. The number of hydrogen-bond acceptors (Lipinski definition) is 6. The fraction of sp³-hybridized carbons (Fsp3) is 0.312. The molecule has 0 saturated heterocycles. The summed E-state index contributed by atoms with van der Waals surface area (Å²) in [6.07, 6.45) is 1.67. The second kappa shape index (κ2) is 6.45. The number of aliphatic hydroxyl groups excluding tert-OH is 1. The van der Waals surface area contributed by atoms with Gasteiger partial charge in [-0.15, -0.1) is 0 Å². The summed E-state index contributed by atoms with van der Waals surface area (Å²) in [4.78, 5) is 14.9. The van der Waals surface area contributed by atoms with Gasteiger partial charge in [0.2, 0.25) is 5.88 Å². The predicted octanol–water partition coefficient (Wildman–Crippen LogP) is 2.09. The molecule has 0 spiro atoms. The Balaban J connectivity index is 1.91. The molecular weight excluding hydrogens is 362 g/mol. The first-order chi connectivity index (χ1) is 12.2. The van der Waals surface area contributed by atoms with Crippen molar-refractivity contribution in [1.29, 1.82) is 0 Å². The third-order valence-corrected chi connectivity index (χ3v) is 5.12. The molecule has 9 nitrogen and oxygen atoms in total. The zero-order valence-corrected chi connectivity index (χ0v) is 15.0. The van der Waals surface area contributed by atoms with Crippen molar-refractivity contribution < 1.29 is 28.2 Å². The summed E-state index contributed by atoms with van der Waals surface area (Å²) in [5.41, 5.74) is 0.556. The molecule has 0 atom stereocenters. The van der Waals surface area contributed by atoms with Gasteiger partial charge in [0.1, 0.15) is 17.1 Å². The lowest BCUT2D eigenvalue weighted by Crippen LogP contribution is -2.29. The maximum Gasteiger partial charge on any atom is 0.354 e. The summed E-state index contributed by atoms with van der Waals surface area (Å²) in [7, 11) is -4.03. The molecule has 0 bridgehead atoms. The number of phenolic OH excluding ortho intramolecular Hbond substituents is 1. The Morgan fingerprint density at radius 1 is 1.27 bits per heavy atom. The summed E-state index contributed by atoms with van der Waals surface area (Å²) < 4.78 is 31.7. The number of phenols is 1. The number of H-pyrrole nitrogens is 1. The number of benzene rings is 1. The van der Waals surface area contributed by atoms with Gasteiger partial charge in [0.25, 0.3) is 0 Å². The van der Waals surface area contributed by atoms with Gasteiger partial charge in [-0.2, -0.15) is 8.42 Å². The highest BCUT2D eigenvalue weighted by molar-refractivity contribution is 7.91. The lowest BCUT2D eigenvalue weighted by atomic mass is 10.1. The van der Waals surface area contributed by atoms with Crippen molar-refractivity contribution in [2.45, 2.75) is 20.3 Å². The van der Waals surface area contributed by atoms with Gasteiger partial charge in [-0.1, -0.05) is 13.8 Å². The highest BCUT2D eigenvalue weighted by atomic mass is 32.2. The van der Waals surface area contributed by atoms with Crippen molar-refractivity contribution in [2.75, 3.05) is 10.9 Å². The van der Waals surface area contributed by atoms with Crippen LogP contribution in [0.1, 0.15) is 30.8 Å². The number of fused-ring (bicyclic) bond motifs is 1. The number of aromatic amines is 1. The third kappa shape index (κ3) is 3.40. The number of aliphatic hydroxyl groups is 1. The Morgan fingerprint density at radius 3 is 2.62 bits per heavy atom. The van der Waals surface area contributed by atoms with Gasteiger partial charge in [-0.05, 0) is 30.5 Å². The number of esters is 1. The van der Waals surface area contributed by atoms with E-state index in [4.69, 9.17) is 4.74 Å². The maximum absolute atomic E-state index is 12.1. The average molecular weight is 381 g/mol. The van der Waals surface area contributed by atoms with Gasteiger partial charge in [-0.25, -0.2) is 13.8 Å². The van der Waals surface area contributed by atoms with Gasteiger partial charge >= 0.3 is 16.2 Å². The molecule has 0 unspecified atom stereocenters. The Kier molecular flexibility index (Phi) is 4.45. The van der Waals surface area contributed by atoms with Crippen LogP contribution >= 0.6 is 0 Å². The number of aromatic nitrogens is 1. The van der Waals surface area contributed by atoms with Crippen molar-refractivity contribution in [2.24, 2.45) is 5.92 Å². The van der Waals surface area contributed by atoms with Crippen molar-refractivity contribution in [3.8, 4) is 5.75 Å². The summed E-state index contributed by atoms with van der Waals surface area (Å²) in [5, 5.41) is 20.1. The number of carbonyl (C=O) groups excluding carboxylic acids is 1. The monoisotopic (exact) mass is 381 g/mol. The number of nitrogens with zero attached hydrogens (tertiary/aromatic N) is 1. The van der Waals surface area contributed by atoms with Crippen molar-refractivity contribution >= 4 is 32.8 Å². The van der Waals surface area contributed by atoms with E-state index in [0.717, 1.165) is 12.6 Å². The van der Waals surface area contributed by atoms with Gasteiger partial charge in [0.05, 0.1) is 12.8 Å². The van der Waals surface area contributed by atoms with Crippen LogP contribution in [0.2, 0.25) is 0 Å². The minimum absolute atomic E-state index is 0.0735. The molecule has 1 aromatic carbocycles. The highest BCUT2D eigenvalue weighted by Gasteiger charge is 2.31. The molecule has 4 N–H and O–H groups in total. The SMILES string of the molecule is CC(C)CCOC(=O)c1cc2cc(O)c(N3C=C(O)NS3(=O)=O)cc2[nH]1. The van der Waals surface area contributed by atoms with E-state index >= 15 is 0 Å². The van der Waals surface area contributed by atoms with Crippen LogP contribution < -0.4 is 9.03 Å². The van der Waals surface area contributed by atoms with E-state index in [9.17, 15) is 23.4 Å². The van der Waals surface area contributed by atoms with Crippen LogP contribution in [-0.2, 0) is 14.9 Å². The third-order valence-electron chi connectivity index (χ3n) is 3.83. The minimum atomic E-state index is -4.03. The molecule has 3 rings (SSSR count). The fourth-order valence-electron chi connectivity index (χ4n) is 2.50. The average Bonchev–Trinajstić information content (AvgIpc) is 3.05. The van der Waals surface area contributed by atoms with E-state index in [1.165, 1.54) is 18.2 Å². The van der Waals surface area contributed by atoms with E-state index in [1.54, 1.807) is 0 Å². The van der Waals surface area contributed by atoms with Gasteiger partial charge in [0.15, 0.2) is 0 Å². The van der Waals surface area contributed by atoms with Gasteiger partial charge in [0, 0.05) is 10.9 Å². The molecule has 2 aromatic rings. The van der Waals surface area contributed by atoms with Crippen LogP contribution in [0.4, 0.5) is 5.69 Å². The largest absolute Gasteiger partial charge is 0.506 e. The Hall–Kier alpha value is -2.88. The molecule has 0 saturated carbocycles. The maximum atomic E-state index is 12.1. The smallest absolute Gasteiger partial charge is 0.354 e. The predicted molar refractivity (Wildman–Crippen MR) is 94.9 cm³/mol. The summed E-state index contributed by atoms with van der Waals surface area (Å²) in [6, 6.07) is 4.20. The molecule has 0 aliphatic carbocycles. The van der Waals surface area contributed by atoms with Gasteiger partial charge in [-0.3, -0.25) is 0 Å². The Labute approximate surface area is 150 Å². The van der Waals surface area contributed by atoms with E-state index in [-0.39, 0.29) is 17.1 Å². The Bertz CT molecular complexity index is 993. The first kappa shape index (κ1) is 17.9. The van der Waals surface area contributed by atoms with Crippen LogP contribution in [0.25, 0.3) is 10.9 Å². The van der Waals surface area contributed by atoms with Crippen molar-refractivity contribution in [1.82, 2.24) is 9.71 Å². The topological polar surface area (TPSA) is 132 Å². The first-order valence-electron chi connectivity index (χ1n) is 7.93. The second-order valence-electron chi connectivity index (χ2n) is 6.35. The van der Waals surface area contributed by atoms with E-state index in [2.05, 4.69) is 4.98 Å². The fourth-order valence-corrected chi connectivity index (χ4v) is 3.56. The molecule has 2 heterocycles. The number of aromatic hydroxyl groups is 1. The number of nitrogens with one attached hydrogen (secondary N) is 2. The Morgan fingerprint density at radius 2 is 2.00 bits per heavy atom. The molecule has 1 aliphatic rings. The van der Waals surface area contributed by atoms with Crippen LogP contribution in [-0.4, -0.2) is 36.2 Å². The molecular formula is C16H19N3O6S. The van der Waals surface area contributed by atoms with Crippen molar-refractivity contribution in [3.63, 3.8) is 0 Å². The zero-order valence-electron chi connectivity index (χ0n) is 14.2. The van der Waals surface area contributed by atoms with E-state index in [1.807, 2.05) is 18.6 Å². The molecule has 10 heteroatoms. The highest BCUT2D eigenvalue weighted by Crippen LogP contribution is 2.35. The number of anilines is 1. The molecule has 1 aliphatic heterocycles. The van der Waals surface area contributed by atoms with Crippen LogP contribution in [0.3, 0.4) is 0 Å². The normalized spacial score (nSPS) is 16.0. The lowest BCUT2D eigenvalue weighted by Gasteiger charge is -2.15. The number of ether oxygens (including phenoxy) is 1. The zero-order chi connectivity index (χ0) is 19.1. The number of rotatable bonds is 5. The quantitative estimate of drug-likeness (QED) is 0.586. The van der Waals surface area contributed by atoms with Crippen LogP contribution in [0.5, 0.6) is 5.75 Å². The molecule has 0 amide bonds. The van der Waals surface area contributed by atoms with E-state index < -0.39 is 22.1 Å². The molecule has 0 fully saturated rings. The van der Waals surface area contributed by atoms with Crippen LogP contribution in [0.15, 0.2) is 30.3 Å². The standard InChI is InChI=1S/C16H19N3O6S/c1-9(2)3-4-25-16(22)12-5-10-6-14(20)13(7-11(10)17-12)19-8-15(21)18-26(19,23)24/h5-9,17-18,20-21H,3-4H2,1-2H3. The molecule has 26 heavy (non-hydrogen) atoms. The van der Waals surface area contributed by atoms with Crippen LogP contribution in [0, 0.1) is 5.92 Å². The minimum Gasteiger partial charge on any atom is -0.506 e. The lowest BCUT2D eigenvalue weighted by molar-refractivity contribution is 0.0482. The summed E-state index contributed by atoms with van der Waals surface area (Å²) in [6.45, 7) is 4.34. The first-order valence-corrected chi connectivity index (χ1v) is 9.37. The van der Waals surface area contributed by atoms with Gasteiger partial charge < -0.3 is 19.9 Å².